The molecule has 0 radical (unpaired) electrons. The van der Waals surface area contributed by atoms with Crippen molar-refractivity contribution in [1.82, 2.24) is 9.97 Å². The van der Waals surface area contributed by atoms with Gasteiger partial charge in [-0.15, -0.1) is 0 Å². The maximum absolute atomic E-state index is 4.42. The third-order valence-corrected chi connectivity index (χ3v) is 3.50. The summed E-state index contributed by atoms with van der Waals surface area (Å²) in [6, 6.07) is 0. The summed E-state index contributed by atoms with van der Waals surface area (Å²) in [5.74, 6) is 2.69. The fourth-order valence-corrected chi connectivity index (χ4v) is 2.19. The highest BCUT2D eigenvalue weighted by molar-refractivity contribution is 5.57. The highest BCUT2D eigenvalue weighted by Crippen LogP contribution is 2.22. The first kappa shape index (κ1) is 15.7. The average molecular weight is 264 g/mol. The number of nitrogens with zero attached hydrogens (tertiary/aromatic N) is 2. The van der Waals surface area contributed by atoms with E-state index in [0.29, 0.717) is 5.92 Å². The van der Waals surface area contributed by atoms with Crippen molar-refractivity contribution in [1.29, 1.82) is 0 Å². The number of nitrogens with one attached hydrogen (secondary N) is 2. The van der Waals surface area contributed by atoms with Crippen LogP contribution < -0.4 is 10.6 Å². The van der Waals surface area contributed by atoms with Gasteiger partial charge in [-0.2, -0.15) is 0 Å². The van der Waals surface area contributed by atoms with E-state index in [1.807, 2.05) is 0 Å². The Hall–Kier alpha value is -1.32. The summed E-state index contributed by atoms with van der Waals surface area (Å²) in [4.78, 5) is 8.77. The van der Waals surface area contributed by atoms with E-state index in [0.717, 1.165) is 37.6 Å². The van der Waals surface area contributed by atoms with Crippen LogP contribution in [-0.2, 0) is 6.42 Å². The number of rotatable bonds is 9. The molecular weight excluding hydrogens is 236 g/mol. The molecule has 4 nitrogen and oxygen atoms in total. The van der Waals surface area contributed by atoms with Crippen LogP contribution in [-0.4, -0.2) is 23.1 Å². The maximum atomic E-state index is 4.42. The molecule has 0 saturated carbocycles. The predicted octanol–water partition coefficient (Wildman–Crippen LogP) is 3.71. The zero-order valence-corrected chi connectivity index (χ0v) is 12.8. The molecule has 0 aliphatic rings. The summed E-state index contributed by atoms with van der Waals surface area (Å²) in [5.41, 5.74) is 1.22. The molecule has 1 heterocycles. The third-order valence-electron chi connectivity index (χ3n) is 3.50. The maximum Gasteiger partial charge on any atom is 0.134 e. The first-order chi connectivity index (χ1) is 9.26. The normalized spacial score (nSPS) is 10.8. The van der Waals surface area contributed by atoms with E-state index < -0.39 is 0 Å². The molecule has 0 aliphatic carbocycles. The van der Waals surface area contributed by atoms with Crippen molar-refractivity contribution in [3.8, 4) is 0 Å². The largest absolute Gasteiger partial charge is 0.370 e. The van der Waals surface area contributed by atoms with E-state index in [4.69, 9.17) is 0 Å². The van der Waals surface area contributed by atoms with Crippen LogP contribution >= 0.6 is 0 Å². The van der Waals surface area contributed by atoms with Crippen LogP contribution in [0.25, 0.3) is 0 Å². The molecular formula is C15H28N4. The second-order valence-corrected chi connectivity index (χ2v) is 4.89. The number of hydrogen-bond donors (Lipinski definition) is 2. The summed E-state index contributed by atoms with van der Waals surface area (Å²) in [7, 11) is 0. The molecule has 1 rings (SSSR count). The molecule has 0 amide bonds. The van der Waals surface area contributed by atoms with Crippen LogP contribution in [0.15, 0.2) is 6.33 Å². The van der Waals surface area contributed by atoms with Gasteiger partial charge < -0.3 is 10.6 Å². The van der Waals surface area contributed by atoms with Gasteiger partial charge >= 0.3 is 0 Å². The summed E-state index contributed by atoms with van der Waals surface area (Å²) < 4.78 is 0. The lowest BCUT2D eigenvalue weighted by Crippen LogP contribution is -2.16. The monoisotopic (exact) mass is 264 g/mol. The Bertz CT molecular complexity index is 361. The zero-order chi connectivity index (χ0) is 14.1. The standard InChI is InChI=1S/C15H28N4/c1-5-9-13-14(16-8-4)18-11-19-15(13)17-10-12(6-2)7-3/h11-12H,5-10H2,1-4H3,(H2,16,17,18,19). The third kappa shape index (κ3) is 4.69. The molecule has 0 atom stereocenters. The smallest absolute Gasteiger partial charge is 0.134 e. The molecule has 0 aromatic carbocycles. The van der Waals surface area contributed by atoms with Crippen molar-refractivity contribution in [2.45, 2.75) is 53.4 Å². The average Bonchev–Trinajstić information content (AvgIpc) is 2.43. The van der Waals surface area contributed by atoms with Crippen molar-refractivity contribution in [2.75, 3.05) is 23.7 Å². The Kier molecular flexibility index (Phi) is 7.23. The van der Waals surface area contributed by atoms with Gasteiger partial charge in [-0.3, -0.25) is 0 Å². The molecule has 108 valence electrons. The van der Waals surface area contributed by atoms with Crippen LogP contribution in [0.3, 0.4) is 0 Å². The number of aromatic nitrogens is 2. The molecule has 0 spiro atoms. The van der Waals surface area contributed by atoms with E-state index in [9.17, 15) is 0 Å². The lowest BCUT2D eigenvalue weighted by atomic mass is 10.0. The Labute approximate surface area is 117 Å². The summed E-state index contributed by atoms with van der Waals surface area (Å²) in [6.45, 7) is 10.6. The Morgan fingerprint density at radius 2 is 1.63 bits per heavy atom. The van der Waals surface area contributed by atoms with E-state index in [1.54, 1.807) is 6.33 Å². The minimum Gasteiger partial charge on any atom is -0.370 e. The highest BCUT2D eigenvalue weighted by atomic mass is 15.1. The van der Waals surface area contributed by atoms with Crippen LogP contribution in [0, 0.1) is 5.92 Å². The zero-order valence-electron chi connectivity index (χ0n) is 12.8. The first-order valence-electron chi connectivity index (χ1n) is 7.58. The summed E-state index contributed by atoms with van der Waals surface area (Å²) in [6.07, 6.45) is 6.17. The first-order valence-corrected chi connectivity index (χ1v) is 7.58. The number of anilines is 2. The van der Waals surface area contributed by atoms with Crippen LogP contribution in [0.5, 0.6) is 0 Å². The minimum absolute atomic E-state index is 0.715. The van der Waals surface area contributed by atoms with Gasteiger partial charge in [0, 0.05) is 18.7 Å². The predicted molar refractivity (Wildman–Crippen MR) is 82.8 cm³/mol. The van der Waals surface area contributed by atoms with Crippen molar-refractivity contribution in [3.63, 3.8) is 0 Å². The van der Waals surface area contributed by atoms with Gasteiger partial charge in [-0.25, -0.2) is 9.97 Å². The fourth-order valence-electron chi connectivity index (χ4n) is 2.19. The Morgan fingerprint density at radius 3 is 2.16 bits per heavy atom. The van der Waals surface area contributed by atoms with Crippen LogP contribution in [0.2, 0.25) is 0 Å². The van der Waals surface area contributed by atoms with E-state index >= 15 is 0 Å². The molecule has 0 saturated heterocycles. The van der Waals surface area contributed by atoms with Gasteiger partial charge in [0.25, 0.3) is 0 Å². The van der Waals surface area contributed by atoms with Crippen molar-refractivity contribution < 1.29 is 0 Å². The molecule has 2 N–H and O–H groups in total. The molecule has 0 fully saturated rings. The Morgan fingerprint density at radius 1 is 1.00 bits per heavy atom. The second-order valence-electron chi connectivity index (χ2n) is 4.89. The molecule has 1 aromatic rings. The van der Waals surface area contributed by atoms with Crippen molar-refractivity contribution in [3.05, 3.63) is 11.9 Å². The molecule has 0 bridgehead atoms. The van der Waals surface area contributed by atoms with Gasteiger partial charge in [0.15, 0.2) is 0 Å². The molecule has 1 aromatic heterocycles. The van der Waals surface area contributed by atoms with E-state index in [1.165, 1.54) is 18.4 Å². The van der Waals surface area contributed by atoms with Crippen LogP contribution in [0.4, 0.5) is 11.6 Å². The summed E-state index contributed by atoms with van der Waals surface area (Å²) >= 11 is 0. The molecule has 19 heavy (non-hydrogen) atoms. The summed E-state index contributed by atoms with van der Waals surface area (Å²) in [5, 5.41) is 6.83. The SMILES string of the molecule is CCCc1c(NCC)ncnc1NCC(CC)CC. The lowest BCUT2D eigenvalue weighted by molar-refractivity contribution is 0.518. The molecule has 4 heteroatoms. The quantitative estimate of drug-likeness (QED) is 0.714. The number of hydrogen-bond acceptors (Lipinski definition) is 4. The topological polar surface area (TPSA) is 49.8 Å². The van der Waals surface area contributed by atoms with Crippen molar-refractivity contribution >= 4 is 11.6 Å². The highest BCUT2D eigenvalue weighted by Gasteiger charge is 2.11. The Balaban J connectivity index is 2.82. The van der Waals surface area contributed by atoms with Gasteiger partial charge in [0.2, 0.25) is 0 Å². The van der Waals surface area contributed by atoms with Gasteiger partial charge in [-0.1, -0.05) is 40.0 Å². The molecule has 0 unspecified atom stereocenters. The van der Waals surface area contributed by atoms with E-state index in [2.05, 4.69) is 48.3 Å². The molecule has 0 aliphatic heterocycles. The van der Waals surface area contributed by atoms with Crippen LogP contribution in [0.1, 0.15) is 52.5 Å². The lowest BCUT2D eigenvalue weighted by Gasteiger charge is -2.17. The fraction of sp³-hybridized carbons (Fsp3) is 0.733. The van der Waals surface area contributed by atoms with E-state index in [-0.39, 0.29) is 0 Å². The van der Waals surface area contributed by atoms with Crippen molar-refractivity contribution in [2.24, 2.45) is 5.92 Å². The van der Waals surface area contributed by atoms with Gasteiger partial charge in [0.1, 0.15) is 18.0 Å². The van der Waals surface area contributed by atoms with Gasteiger partial charge in [0.05, 0.1) is 0 Å². The minimum atomic E-state index is 0.715. The second kappa shape index (κ2) is 8.73. The van der Waals surface area contributed by atoms with Gasteiger partial charge in [-0.05, 0) is 19.3 Å².